The van der Waals surface area contributed by atoms with E-state index in [1.54, 1.807) is 23.1 Å². The van der Waals surface area contributed by atoms with E-state index in [9.17, 15) is 14.7 Å². The zero-order valence-corrected chi connectivity index (χ0v) is 19.8. The van der Waals surface area contributed by atoms with Crippen LogP contribution < -0.4 is 9.47 Å². The molecule has 0 unspecified atom stereocenters. The number of hydrogen-bond donors (Lipinski definition) is 1. The molecule has 0 radical (unpaired) electrons. The number of carbonyl (C=O) groups excluding carboxylic acids is 2. The number of hydrogen-bond acceptors (Lipinski definition) is 5. The lowest BCUT2D eigenvalue weighted by molar-refractivity contribution is -0.139. The number of Topliss-reactive ketones (excluding diaryl/α,β-unsaturated/α-hetero) is 1. The van der Waals surface area contributed by atoms with Crippen LogP contribution in [-0.4, -0.2) is 41.5 Å². The summed E-state index contributed by atoms with van der Waals surface area (Å²) in [4.78, 5) is 27.9. The highest BCUT2D eigenvalue weighted by Crippen LogP contribution is 2.41. The molecule has 3 aromatic rings. The van der Waals surface area contributed by atoms with Crippen LogP contribution in [0.25, 0.3) is 5.76 Å². The molecule has 1 fully saturated rings. The molecule has 1 N–H and O–H groups in total. The molecular formula is C27H22BrNO5. The van der Waals surface area contributed by atoms with E-state index in [1.807, 2.05) is 54.6 Å². The molecule has 172 valence electrons. The Morgan fingerprint density at radius 1 is 0.941 bits per heavy atom. The third-order valence-electron chi connectivity index (χ3n) is 6.00. The van der Waals surface area contributed by atoms with Gasteiger partial charge in [-0.25, -0.2) is 0 Å². The van der Waals surface area contributed by atoms with Gasteiger partial charge in [-0.2, -0.15) is 0 Å². The van der Waals surface area contributed by atoms with Crippen molar-refractivity contribution in [3.63, 3.8) is 0 Å². The maximum atomic E-state index is 13.2. The van der Waals surface area contributed by atoms with Crippen LogP contribution in [0.2, 0.25) is 0 Å². The molecule has 5 rings (SSSR count). The second-order valence-corrected chi connectivity index (χ2v) is 9.06. The molecule has 1 saturated heterocycles. The van der Waals surface area contributed by atoms with Gasteiger partial charge in [-0.05, 0) is 47.9 Å². The first-order chi connectivity index (χ1) is 16.5. The first kappa shape index (κ1) is 22.2. The Kier molecular flexibility index (Phi) is 6.11. The van der Waals surface area contributed by atoms with Crippen LogP contribution in [0.3, 0.4) is 0 Å². The van der Waals surface area contributed by atoms with Crippen molar-refractivity contribution in [3.05, 3.63) is 99.5 Å². The summed E-state index contributed by atoms with van der Waals surface area (Å²) in [5.74, 6) is -0.491. The number of aliphatic hydroxyl groups excluding tert-OH is 1. The van der Waals surface area contributed by atoms with E-state index in [2.05, 4.69) is 15.9 Å². The van der Waals surface area contributed by atoms with Gasteiger partial charge >= 0.3 is 0 Å². The van der Waals surface area contributed by atoms with E-state index in [0.29, 0.717) is 43.2 Å². The van der Waals surface area contributed by atoms with Crippen LogP contribution in [0.4, 0.5) is 0 Å². The number of ketones is 1. The van der Waals surface area contributed by atoms with Gasteiger partial charge in [0.2, 0.25) is 0 Å². The lowest BCUT2D eigenvalue weighted by atomic mass is 9.95. The Balaban J connectivity index is 1.58. The van der Waals surface area contributed by atoms with E-state index in [-0.39, 0.29) is 11.3 Å². The fourth-order valence-corrected chi connectivity index (χ4v) is 4.79. The van der Waals surface area contributed by atoms with Crippen LogP contribution in [0.5, 0.6) is 11.5 Å². The summed E-state index contributed by atoms with van der Waals surface area (Å²) in [6.07, 6.45) is 0.586. The number of halogens is 1. The third-order valence-corrected chi connectivity index (χ3v) is 6.50. The van der Waals surface area contributed by atoms with Crippen LogP contribution in [0, 0.1) is 0 Å². The number of amides is 1. The van der Waals surface area contributed by atoms with Gasteiger partial charge < -0.3 is 19.5 Å². The molecule has 6 nitrogen and oxygen atoms in total. The van der Waals surface area contributed by atoms with Crippen molar-refractivity contribution in [1.29, 1.82) is 0 Å². The normalized spacial score (nSPS) is 18.9. The minimum Gasteiger partial charge on any atom is -0.507 e. The molecule has 0 saturated carbocycles. The summed E-state index contributed by atoms with van der Waals surface area (Å²) >= 11 is 3.48. The second kappa shape index (κ2) is 9.35. The van der Waals surface area contributed by atoms with Crippen molar-refractivity contribution in [3.8, 4) is 11.5 Å². The fourth-order valence-electron chi connectivity index (χ4n) is 4.37. The van der Waals surface area contributed by atoms with Crippen molar-refractivity contribution in [1.82, 2.24) is 4.90 Å². The predicted molar refractivity (Wildman–Crippen MR) is 131 cm³/mol. The SMILES string of the molecule is O=C1C(=O)N(CCc2ccccc2)[C@@H](c2cccc(Br)c2)C1=C(O)c1ccc2c(c1)OCCO2. The van der Waals surface area contributed by atoms with Crippen LogP contribution in [0.1, 0.15) is 22.7 Å². The molecular weight excluding hydrogens is 498 g/mol. The monoisotopic (exact) mass is 519 g/mol. The van der Waals surface area contributed by atoms with Gasteiger partial charge in [0.05, 0.1) is 11.6 Å². The average Bonchev–Trinajstić information content (AvgIpc) is 3.12. The maximum absolute atomic E-state index is 13.2. The second-order valence-electron chi connectivity index (χ2n) is 8.14. The molecule has 1 amide bonds. The molecule has 0 aliphatic carbocycles. The van der Waals surface area contributed by atoms with Crippen molar-refractivity contribution in [2.24, 2.45) is 0 Å². The molecule has 2 aliphatic heterocycles. The van der Waals surface area contributed by atoms with Crippen LogP contribution in [-0.2, 0) is 16.0 Å². The molecule has 1 atom stereocenters. The first-order valence-corrected chi connectivity index (χ1v) is 11.8. The first-order valence-electron chi connectivity index (χ1n) is 11.0. The molecule has 2 heterocycles. The Hall–Kier alpha value is -3.58. The summed E-state index contributed by atoms with van der Waals surface area (Å²) < 4.78 is 12.0. The van der Waals surface area contributed by atoms with Crippen molar-refractivity contribution in [2.75, 3.05) is 19.8 Å². The zero-order chi connectivity index (χ0) is 23.7. The maximum Gasteiger partial charge on any atom is 0.295 e. The fraction of sp³-hybridized carbons (Fsp3) is 0.185. The minimum atomic E-state index is -0.714. The molecule has 7 heteroatoms. The van der Waals surface area contributed by atoms with E-state index >= 15 is 0 Å². The molecule has 0 bridgehead atoms. The predicted octanol–water partition coefficient (Wildman–Crippen LogP) is 4.88. The number of nitrogens with zero attached hydrogens (tertiary/aromatic N) is 1. The van der Waals surface area contributed by atoms with E-state index in [0.717, 1.165) is 15.6 Å². The van der Waals surface area contributed by atoms with Crippen LogP contribution >= 0.6 is 15.9 Å². The van der Waals surface area contributed by atoms with Crippen molar-refractivity contribution >= 4 is 33.4 Å². The lowest BCUT2D eigenvalue weighted by Crippen LogP contribution is -2.31. The third kappa shape index (κ3) is 4.19. The highest BCUT2D eigenvalue weighted by Gasteiger charge is 2.46. The van der Waals surface area contributed by atoms with Gasteiger partial charge in [-0.3, -0.25) is 9.59 Å². The van der Waals surface area contributed by atoms with Crippen molar-refractivity contribution < 1.29 is 24.2 Å². The molecule has 2 aliphatic rings. The summed E-state index contributed by atoms with van der Waals surface area (Å²) in [6, 6.07) is 21.5. The minimum absolute atomic E-state index is 0.0628. The topological polar surface area (TPSA) is 76.1 Å². The molecule has 0 aromatic heterocycles. The number of benzene rings is 3. The standard InChI is InChI=1S/C27H22BrNO5/c28-20-8-4-7-18(15-20)24-23(25(30)19-9-10-21-22(16-19)34-14-13-33-21)26(31)27(32)29(24)12-11-17-5-2-1-3-6-17/h1-10,15-16,24,30H,11-14H2/t24-/m0/s1. The van der Waals surface area contributed by atoms with Gasteiger partial charge in [0.1, 0.15) is 19.0 Å². The Labute approximate surface area is 205 Å². The average molecular weight is 520 g/mol. The summed E-state index contributed by atoms with van der Waals surface area (Å²) in [5, 5.41) is 11.3. The largest absolute Gasteiger partial charge is 0.507 e. The van der Waals surface area contributed by atoms with Gasteiger partial charge in [-0.15, -0.1) is 0 Å². The highest BCUT2D eigenvalue weighted by atomic mass is 79.9. The molecule has 0 spiro atoms. The lowest BCUT2D eigenvalue weighted by Gasteiger charge is -2.25. The number of rotatable bonds is 5. The summed E-state index contributed by atoms with van der Waals surface area (Å²) in [5.41, 5.74) is 2.25. The van der Waals surface area contributed by atoms with Crippen LogP contribution in [0.15, 0.2) is 82.8 Å². The van der Waals surface area contributed by atoms with Crippen molar-refractivity contribution in [2.45, 2.75) is 12.5 Å². The summed E-state index contributed by atoms with van der Waals surface area (Å²) in [7, 11) is 0. The number of aliphatic hydroxyl groups is 1. The quantitative estimate of drug-likeness (QED) is 0.295. The Morgan fingerprint density at radius 2 is 1.71 bits per heavy atom. The van der Waals surface area contributed by atoms with Gasteiger partial charge in [0.25, 0.3) is 11.7 Å². The Morgan fingerprint density at radius 3 is 2.47 bits per heavy atom. The van der Waals surface area contributed by atoms with Gasteiger partial charge in [0.15, 0.2) is 11.5 Å². The van der Waals surface area contributed by atoms with Gasteiger partial charge in [-0.1, -0.05) is 58.4 Å². The van der Waals surface area contributed by atoms with E-state index in [4.69, 9.17) is 9.47 Å². The smallest absolute Gasteiger partial charge is 0.295 e. The zero-order valence-electron chi connectivity index (χ0n) is 18.2. The molecule has 34 heavy (non-hydrogen) atoms. The summed E-state index contributed by atoms with van der Waals surface area (Å²) in [6.45, 7) is 1.19. The number of carbonyl (C=O) groups is 2. The highest BCUT2D eigenvalue weighted by molar-refractivity contribution is 9.10. The van der Waals surface area contributed by atoms with E-state index < -0.39 is 17.7 Å². The number of ether oxygens (including phenoxy) is 2. The van der Waals surface area contributed by atoms with Gasteiger partial charge in [0, 0.05) is 16.6 Å². The number of fused-ring (bicyclic) bond motifs is 1. The van der Waals surface area contributed by atoms with E-state index in [1.165, 1.54) is 0 Å². The Bertz CT molecular complexity index is 1290. The number of likely N-dealkylation sites (tertiary alicyclic amines) is 1. The molecule has 3 aromatic carbocycles.